The molecule has 0 radical (unpaired) electrons. The van der Waals surface area contributed by atoms with E-state index in [1.807, 2.05) is 7.05 Å². The molecule has 2 rings (SSSR count). The molecule has 1 saturated heterocycles. The van der Waals surface area contributed by atoms with Gasteiger partial charge in [0, 0.05) is 31.9 Å². The number of nitrogens with zero attached hydrogens (tertiary/aromatic N) is 1. The van der Waals surface area contributed by atoms with E-state index in [1.165, 1.54) is 11.3 Å². The van der Waals surface area contributed by atoms with Crippen LogP contribution in [0.2, 0.25) is 0 Å². The highest BCUT2D eigenvalue weighted by Gasteiger charge is 2.12. The molecule has 0 amide bonds. The Morgan fingerprint density at radius 3 is 3.00 bits per heavy atom. The van der Waals surface area contributed by atoms with Crippen LogP contribution in [0.5, 0.6) is 0 Å². The van der Waals surface area contributed by atoms with Gasteiger partial charge in [0.05, 0.1) is 6.61 Å². The van der Waals surface area contributed by atoms with Gasteiger partial charge in [0.1, 0.15) is 0 Å². The summed E-state index contributed by atoms with van der Waals surface area (Å²) in [6.07, 6.45) is 1.12. The fourth-order valence-electron chi connectivity index (χ4n) is 2.15. The number of hydrogen-bond acceptors (Lipinski definition) is 3. The van der Waals surface area contributed by atoms with Crippen molar-refractivity contribution in [2.45, 2.75) is 13.0 Å². The third-order valence-corrected chi connectivity index (χ3v) is 2.92. The van der Waals surface area contributed by atoms with Crippen LogP contribution in [0, 0.1) is 0 Å². The predicted octanol–water partition coefficient (Wildman–Crippen LogP) is 1.63. The van der Waals surface area contributed by atoms with Crippen LogP contribution in [0.25, 0.3) is 0 Å². The Kier molecular flexibility index (Phi) is 4.19. The summed E-state index contributed by atoms with van der Waals surface area (Å²) in [6, 6.07) is 8.61. The van der Waals surface area contributed by atoms with E-state index < -0.39 is 0 Å². The van der Waals surface area contributed by atoms with Crippen LogP contribution in [0.1, 0.15) is 12.0 Å². The molecular formula is C13H20N2O. The minimum atomic E-state index is 0.841. The summed E-state index contributed by atoms with van der Waals surface area (Å²) < 4.78 is 5.49. The Balaban J connectivity index is 2.16. The lowest BCUT2D eigenvalue weighted by molar-refractivity contribution is 0.152. The first-order valence-electron chi connectivity index (χ1n) is 5.97. The van der Waals surface area contributed by atoms with Crippen LogP contribution in [-0.4, -0.2) is 33.4 Å². The molecule has 1 aliphatic heterocycles. The van der Waals surface area contributed by atoms with Crippen molar-refractivity contribution in [2.75, 3.05) is 38.3 Å². The van der Waals surface area contributed by atoms with Gasteiger partial charge in [-0.1, -0.05) is 18.2 Å². The fourth-order valence-corrected chi connectivity index (χ4v) is 2.15. The molecule has 0 saturated carbocycles. The van der Waals surface area contributed by atoms with Gasteiger partial charge in [-0.3, -0.25) is 0 Å². The topological polar surface area (TPSA) is 24.5 Å². The average molecular weight is 220 g/mol. The first-order chi connectivity index (χ1) is 7.92. The number of nitrogens with one attached hydrogen (secondary N) is 1. The van der Waals surface area contributed by atoms with Gasteiger partial charge in [-0.15, -0.1) is 0 Å². The van der Waals surface area contributed by atoms with E-state index in [4.69, 9.17) is 4.74 Å². The van der Waals surface area contributed by atoms with Gasteiger partial charge in [0.15, 0.2) is 0 Å². The highest BCUT2D eigenvalue weighted by Crippen LogP contribution is 2.21. The zero-order chi connectivity index (χ0) is 11.2. The summed E-state index contributed by atoms with van der Waals surface area (Å²) in [5.74, 6) is 0. The third kappa shape index (κ3) is 2.74. The van der Waals surface area contributed by atoms with Gasteiger partial charge in [0.25, 0.3) is 0 Å². The largest absolute Gasteiger partial charge is 0.380 e. The maximum atomic E-state index is 5.49. The van der Waals surface area contributed by atoms with E-state index in [1.54, 1.807) is 0 Å². The van der Waals surface area contributed by atoms with Crippen LogP contribution in [0.4, 0.5) is 5.69 Å². The molecular weight excluding hydrogens is 200 g/mol. The number of rotatable bonds is 3. The van der Waals surface area contributed by atoms with Crippen molar-refractivity contribution in [3.8, 4) is 0 Å². The Hall–Kier alpha value is -1.06. The molecule has 1 aromatic carbocycles. The average Bonchev–Trinajstić information content (AvgIpc) is 2.59. The molecule has 1 aromatic rings. The number of ether oxygens (including phenoxy) is 1. The van der Waals surface area contributed by atoms with Crippen LogP contribution >= 0.6 is 0 Å². The zero-order valence-electron chi connectivity index (χ0n) is 9.91. The lowest BCUT2D eigenvalue weighted by Gasteiger charge is -2.24. The molecule has 1 aliphatic rings. The SMILES string of the molecule is CNCc1ccccc1N1CCCOCC1. The molecule has 16 heavy (non-hydrogen) atoms. The van der Waals surface area contributed by atoms with E-state index in [0.29, 0.717) is 0 Å². The molecule has 1 heterocycles. The van der Waals surface area contributed by atoms with Gasteiger partial charge in [-0.2, -0.15) is 0 Å². The van der Waals surface area contributed by atoms with E-state index in [9.17, 15) is 0 Å². The summed E-state index contributed by atoms with van der Waals surface area (Å²) in [5.41, 5.74) is 2.72. The van der Waals surface area contributed by atoms with Crippen molar-refractivity contribution in [1.82, 2.24) is 5.32 Å². The monoisotopic (exact) mass is 220 g/mol. The maximum Gasteiger partial charge on any atom is 0.0641 e. The molecule has 0 aromatic heterocycles. The molecule has 0 atom stereocenters. The maximum absolute atomic E-state index is 5.49. The summed E-state index contributed by atoms with van der Waals surface area (Å²) >= 11 is 0. The lowest BCUT2D eigenvalue weighted by atomic mass is 10.1. The summed E-state index contributed by atoms with van der Waals surface area (Å²) in [4.78, 5) is 2.43. The Labute approximate surface area is 97.4 Å². The number of benzene rings is 1. The predicted molar refractivity (Wildman–Crippen MR) is 66.9 cm³/mol. The molecule has 3 nitrogen and oxygen atoms in total. The van der Waals surface area contributed by atoms with Crippen LogP contribution in [0.3, 0.4) is 0 Å². The van der Waals surface area contributed by atoms with Crippen molar-refractivity contribution in [2.24, 2.45) is 0 Å². The van der Waals surface area contributed by atoms with Gasteiger partial charge < -0.3 is 15.0 Å². The molecule has 1 N–H and O–H groups in total. The highest BCUT2D eigenvalue weighted by atomic mass is 16.5. The fraction of sp³-hybridized carbons (Fsp3) is 0.538. The van der Waals surface area contributed by atoms with Crippen molar-refractivity contribution in [1.29, 1.82) is 0 Å². The van der Waals surface area contributed by atoms with Crippen molar-refractivity contribution >= 4 is 5.69 Å². The summed E-state index contributed by atoms with van der Waals surface area (Å²) in [7, 11) is 1.99. The second-order valence-corrected chi connectivity index (χ2v) is 4.11. The molecule has 0 unspecified atom stereocenters. The van der Waals surface area contributed by atoms with Crippen LogP contribution in [0.15, 0.2) is 24.3 Å². The Morgan fingerprint density at radius 1 is 1.25 bits per heavy atom. The highest BCUT2D eigenvalue weighted by molar-refractivity contribution is 5.53. The minimum Gasteiger partial charge on any atom is -0.380 e. The minimum absolute atomic E-state index is 0.841. The second kappa shape index (κ2) is 5.87. The third-order valence-electron chi connectivity index (χ3n) is 2.92. The number of hydrogen-bond donors (Lipinski definition) is 1. The van der Waals surface area contributed by atoms with E-state index in [-0.39, 0.29) is 0 Å². The van der Waals surface area contributed by atoms with Gasteiger partial charge in [-0.25, -0.2) is 0 Å². The van der Waals surface area contributed by atoms with Crippen LogP contribution in [-0.2, 0) is 11.3 Å². The van der Waals surface area contributed by atoms with E-state index in [0.717, 1.165) is 39.3 Å². The Bertz CT molecular complexity index is 319. The summed E-state index contributed by atoms with van der Waals surface area (Å²) in [6.45, 7) is 4.76. The smallest absolute Gasteiger partial charge is 0.0641 e. The lowest BCUT2D eigenvalue weighted by Crippen LogP contribution is -2.27. The van der Waals surface area contributed by atoms with Crippen LogP contribution < -0.4 is 10.2 Å². The molecule has 3 heteroatoms. The summed E-state index contributed by atoms with van der Waals surface area (Å²) in [5, 5.41) is 3.22. The van der Waals surface area contributed by atoms with Gasteiger partial charge in [0.2, 0.25) is 0 Å². The van der Waals surface area contributed by atoms with Gasteiger partial charge in [-0.05, 0) is 25.1 Å². The first-order valence-corrected chi connectivity index (χ1v) is 5.97. The van der Waals surface area contributed by atoms with E-state index in [2.05, 4.69) is 34.5 Å². The standard InChI is InChI=1S/C13H20N2O/c1-14-11-12-5-2-3-6-13(12)15-7-4-9-16-10-8-15/h2-3,5-6,14H,4,7-11H2,1H3. The normalized spacial score (nSPS) is 17.2. The molecule has 0 spiro atoms. The number of para-hydroxylation sites is 1. The Morgan fingerprint density at radius 2 is 2.12 bits per heavy atom. The van der Waals surface area contributed by atoms with Crippen molar-refractivity contribution < 1.29 is 4.74 Å². The molecule has 0 aliphatic carbocycles. The van der Waals surface area contributed by atoms with Crippen molar-refractivity contribution in [3.05, 3.63) is 29.8 Å². The second-order valence-electron chi connectivity index (χ2n) is 4.11. The quantitative estimate of drug-likeness (QED) is 0.838. The number of anilines is 1. The van der Waals surface area contributed by atoms with Crippen molar-refractivity contribution in [3.63, 3.8) is 0 Å². The van der Waals surface area contributed by atoms with E-state index >= 15 is 0 Å². The molecule has 0 bridgehead atoms. The molecule has 88 valence electrons. The zero-order valence-corrected chi connectivity index (χ0v) is 9.91. The molecule has 1 fully saturated rings. The first kappa shape index (κ1) is 11.4. The van der Waals surface area contributed by atoms with Gasteiger partial charge >= 0.3 is 0 Å².